The average molecular weight is 396 g/mol. The predicted molar refractivity (Wildman–Crippen MR) is 79.2 cm³/mol. The molecule has 2 aromatic rings. The van der Waals surface area contributed by atoms with Crippen molar-refractivity contribution in [3.63, 3.8) is 0 Å². The average Bonchev–Trinajstić information content (AvgIpc) is 2.61. The van der Waals surface area contributed by atoms with Crippen LogP contribution in [0.4, 0.5) is 30.7 Å². The highest BCUT2D eigenvalue weighted by Gasteiger charge is 2.73. The van der Waals surface area contributed by atoms with Crippen LogP contribution in [0.1, 0.15) is 15.9 Å². The van der Waals surface area contributed by atoms with Gasteiger partial charge in [0, 0.05) is 5.56 Å². The highest BCUT2D eigenvalue weighted by molar-refractivity contribution is 5.89. The van der Waals surface area contributed by atoms with Gasteiger partial charge in [-0.3, -0.25) is 0 Å². The fourth-order valence-electron chi connectivity index (χ4n) is 2.00. The molecule has 0 atom stereocenters. The first-order valence-corrected chi connectivity index (χ1v) is 7.19. The van der Waals surface area contributed by atoms with E-state index in [1.165, 1.54) is 31.4 Å². The van der Waals surface area contributed by atoms with Crippen molar-refractivity contribution in [3.05, 3.63) is 59.7 Å². The summed E-state index contributed by atoms with van der Waals surface area (Å²) in [5.41, 5.74) is -1.30. The molecule has 0 unspecified atom stereocenters. The van der Waals surface area contributed by atoms with Gasteiger partial charge in [0.05, 0.1) is 12.7 Å². The van der Waals surface area contributed by atoms with Gasteiger partial charge in [0.15, 0.2) is 0 Å². The smallest absolute Gasteiger partial charge is 0.460 e. The Morgan fingerprint density at radius 1 is 0.778 bits per heavy atom. The van der Waals surface area contributed by atoms with Crippen molar-refractivity contribution in [2.45, 2.75) is 18.0 Å². The van der Waals surface area contributed by atoms with Crippen molar-refractivity contribution in [3.8, 4) is 11.5 Å². The number of carbonyl (C=O) groups excluding carboxylic acids is 1. The minimum Gasteiger partial charge on any atom is -0.465 e. The molecule has 0 N–H and O–H groups in total. The SMILES string of the molecule is COC(=O)c1ccc(Oc2ccc(C(F)(F)C(F)(F)C(F)(F)F)cc2)cc1. The summed E-state index contributed by atoms with van der Waals surface area (Å²) in [6, 6.07) is 7.89. The zero-order valence-corrected chi connectivity index (χ0v) is 13.5. The summed E-state index contributed by atoms with van der Waals surface area (Å²) in [5.74, 6) is -12.2. The van der Waals surface area contributed by atoms with E-state index >= 15 is 0 Å². The number of rotatable bonds is 5. The zero-order chi connectivity index (χ0) is 20.5. The lowest BCUT2D eigenvalue weighted by molar-refractivity contribution is -0.359. The molecule has 10 heteroatoms. The monoisotopic (exact) mass is 396 g/mol. The van der Waals surface area contributed by atoms with Crippen molar-refractivity contribution in [1.82, 2.24) is 0 Å². The maximum absolute atomic E-state index is 13.6. The van der Waals surface area contributed by atoms with Gasteiger partial charge in [-0.15, -0.1) is 0 Å². The van der Waals surface area contributed by atoms with Crippen molar-refractivity contribution in [2.24, 2.45) is 0 Å². The maximum atomic E-state index is 13.6. The number of carbonyl (C=O) groups is 1. The van der Waals surface area contributed by atoms with E-state index in [9.17, 15) is 35.5 Å². The van der Waals surface area contributed by atoms with Crippen molar-refractivity contribution >= 4 is 5.97 Å². The summed E-state index contributed by atoms with van der Waals surface area (Å²) in [4.78, 5) is 11.3. The van der Waals surface area contributed by atoms with Crippen LogP contribution in [-0.2, 0) is 10.7 Å². The van der Waals surface area contributed by atoms with Crippen LogP contribution in [0.15, 0.2) is 48.5 Å². The number of methoxy groups -OCH3 is 1. The van der Waals surface area contributed by atoms with Gasteiger partial charge in [-0.25, -0.2) is 4.79 Å². The van der Waals surface area contributed by atoms with Crippen LogP contribution < -0.4 is 4.74 Å². The Morgan fingerprint density at radius 3 is 1.63 bits per heavy atom. The van der Waals surface area contributed by atoms with Gasteiger partial charge in [0.25, 0.3) is 0 Å². The normalized spacial score (nSPS) is 12.6. The third-order valence-corrected chi connectivity index (χ3v) is 3.48. The highest BCUT2D eigenvalue weighted by atomic mass is 19.4. The number of alkyl halides is 7. The largest absolute Gasteiger partial charge is 0.465 e. The fourth-order valence-corrected chi connectivity index (χ4v) is 2.00. The molecule has 0 aliphatic carbocycles. The summed E-state index contributed by atoms with van der Waals surface area (Å²) < 4.78 is 99.6. The Labute approximate surface area is 148 Å². The van der Waals surface area contributed by atoms with E-state index < -0.39 is 29.6 Å². The molecule has 3 nitrogen and oxygen atoms in total. The summed E-state index contributed by atoms with van der Waals surface area (Å²) in [7, 11) is 1.19. The molecule has 0 radical (unpaired) electrons. The quantitative estimate of drug-likeness (QED) is 0.491. The topological polar surface area (TPSA) is 35.5 Å². The minimum atomic E-state index is -6.41. The lowest BCUT2D eigenvalue weighted by atomic mass is 10.0. The van der Waals surface area contributed by atoms with E-state index in [4.69, 9.17) is 4.74 Å². The van der Waals surface area contributed by atoms with Gasteiger partial charge < -0.3 is 9.47 Å². The van der Waals surface area contributed by atoms with E-state index in [1.807, 2.05) is 0 Å². The Morgan fingerprint density at radius 2 is 1.22 bits per heavy atom. The van der Waals surface area contributed by atoms with Crippen molar-refractivity contribution in [2.75, 3.05) is 7.11 Å². The zero-order valence-electron chi connectivity index (χ0n) is 13.5. The second-order valence-corrected chi connectivity index (χ2v) is 5.29. The number of halogens is 7. The molecule has 0 bridgehead atoms. The van der Waals surface area contributed by atoms with Gasteiger partial charge in [-0.2, -0.15) is 30.7 Å². The Bertz CT molecular complexity index is 797. The molecular weight excluding hydrogens is 385 g/mol. The molecule has 0 fully saturated rings. The Kier molecular flexibility index (Phi) is 5.39. The maximum Gasteiger partial charge on any atom is 0.460 e. The molecule has 0 aliphatic heterocycles. The Hall–Kier alpha value is -2.78. The van der Waals surface area contributed by atoms with E-state index in [0.29, 0.717) is 12.1 Å². The molecule has 146 valence electrons. The van der Waals surface area contributed by atoms with E-state index in [-0.39, 0.29) is 17.1 Å². The first-order valence-electron chi connectivity index (χ1n) is 7.19. The molecule has 2 rings (SSSR count). The predicted octanol–water partition coefficient (Wildman–Crippen LogP) is 5.55. The summed E-state index contributed by atoms with van der Waals surface area (Å²) in [6.07, 6.45) is -6.41. The molecule has 0 aromatic heterocycles. The van der Waals surface area contributed by atoms with Crippen LogP contribution in [0.3, 0.4) is 0 Å². The minimum absolute atomic E-state index is 0.0873. The van der Waals surface area contributed by atoms with Gasteiger partial charge >= 0.3 is 24.0 Å². The van der Waals surface area contributed by atoms with E-state index in [0.717, 1.165) is 12.1 Å². The summed E-state index contributed by atoms with van der Waals surface area (Å²) in [6.45, 7) is 0. The van der Waals surface area contributed by atoms with Gasteiger partial charge in [-0.05, 0) is 48.5 Å². The molecule has 0 amide bonds. The van der Waals surface area contributed by atoms with Gasteiger partial charge in [-0.1, -0.05) is 0 Å². The number of ether oxygens (including phenoxy) is 2. The molecular formula is C17H11F7O3. The lowest BCUT2D eigenvalue weighted by Gasteiger charge is -2.28. The second kappa shape index (κ2) is 7.09. The van der Waals surface area contributed by atoms with Crippen LogP contribution in [0.5, 0.6) is 11.5 Å². The molecule has 0 saturated heterocycles. The number of hydrogen-bond donors (Lipinski definition) is 0. The number of esters is 1. The number of hydrogen-bond acceptors (Lipinski definition) is 3. The third kappa shape index (κ3) is 3.99. The van der Waals surface area contributed by atoms with Crippen molar-refractivity contribution in [1.29, 1.82) is 0 Å². The molecule has 2 aromatic carbocycles. The molecule has 0 heterocycles. The first-order chi connectivity index (χ1) is 12.4. The molecule has 27 heavy (non-hydrogen) atoms. The lowest BCUT2D eigenvalue weighted by Crippen LogP contribution is -2.49. The van der Waals surface area contributed by atoms with Crippen LogP contribution in [0.2, 0.25) is 0 Å². The highest BCUT2D eigenvalue weighted by Crippen LogP contribution is 2.51. The molecule has 0 aliphatic rings. The van der Waals surface area contributed by atoms with Gasteiger partial charge in [0.1, 0.15) is 11.5 Å². The van der Waals surface area contributed by atoms with Crippen LogP contribution >= 0.6 is 0 Å². The summed E-state index contributed by atoms with van der Waals surface area (Å²) >= 11 is 0. The van der Waals surface area contributed by atoms with Crippen LogP contribution in [0.25, 0.3) is 0 Å². The van der Waals surface area contributed by atoms with Gasteiger partial charge in [0.2, 0.25) is 0 Å². The van der Waals surface area contributed by atoms with Crippen LogP contribution in [0, 0.1) is 0 Å². The first kappa shape index (κ1) is 20.5. The summed E-state index contributed by atoms with van der Waals surface area (Å²) in [5, 5.41) is 0. The fraction of sp³-hybridized carbons (Fsp3) is 0.235. The second-order valence-electron chi connectivity index (χ2n) is 5.29. The molecule has 0 saturated carbocycles. The standard InChI is InChI=1S/C17H11F7O3/c1-26-14(25)10-2-6-12(7-3-10)27-13-8-4-11(5-9-13)15(18,19)16(20,21)17(22,23)24/h2-9H,1H3. The number of benzene rings is 2. The van der Waals surface area contributed by atoms with E-state index in [1.54, 1.807) is 0 Å². The van der Waals surface area contributed by atoms with E-state index in [2.05, 4.69) is 4.74 Å². The third-order valence-electron chi connectivity index (χ3n) is 3.48. The Balaban J connectivity index is 2.19. The molecule has 0 spiro atoms. The van der Waals surface area contributed by atoms with Crippen molar-refractivity contribution < 1.29 is 45.0 Å². The van der Waals surface area contributed by atoms with Crippen LogP contribution in [-0.4, -0.2) is 25.2 Å².